The van der Waals surface area contributed by atoms with Gasteiger partial charge in [-0.25, -0.2) is 18.7 Å². The van der Waals surface area contributed by atoms with E-state index in [-0.39, 0.29) is 5.92 Å². The van der Waals surface area contributed by atoms with Crippen LogP contribution in [0.15, 0.2) is 18.2 Å². The van der Waals surface area contributed by atoms with Gasteiger partial charge in [0.25, 0.3) is 0 Å². The van der Waals surface area contributed by atoms with Crippen molar-refractivity contribution in [2.45, 2.75) is 32.7 Å². The zero-order chi connectivity index (χ0) is 15.0. The van der Waals surface area contributed by atoms with Crippen LogP contribution in [-0.2, 0) is 13.0 Å². The molecule has 3 rings (SSSR count). The Balaban J connectivity index is 2.14. The van der Waals surface area contributed by atoms with Gasteiger partial charge in [-0.05, 0) is 24.1 Å². The number of nitrogens with one attached hydrogen (secondary N) is 1. The van der Waals surface area contributed by atoms with Crippen LogP contribution in [-0.4, -0.2) is 16.5 Å². The predicted molar refractivity (Wildman–Crippen MR) is 76.9 cm³/mol. The Bertz CT molecular complexity index is 683. The Morgan fingerprint density at radius 1 is 1.14 bits per heavy atom. The number of aromatic nitrogens is 2. The van der Waals surface area contributed by atoms with Crippen LogP contribution in [0.2, 0.25) is 0 Å². The van der Waals surface area contributed by atoms with Crippen LogP contribution in [0.1, 0.15) is 36.7 Å². The molecule has 21 heavy (non-hydrogen) atoms. The van der Waals surface area contributed by atoms with Crippen molar-refractivity contribution in [1.82, 2.24) is 15.3 Å². The van der Waals surface area contributed by atoms with Crippen molar-refractivity contribution < 1.29 is 8.78 Å². The van der Waals surface area contributed by atoms with Crippen LogP contribution >= 0.6 is 0 Å². The molecule has 0 atom stereocenters. The third-order valence-electron chi connectivity index (χ3n) is 3.69. The van der Waals surface area contributed by atoms with Gasteiger partial charge in [0.2, 0.25) is 0 Å². The smallest absolute Gasteiger partial charge is 0.159 e. The second-order valence-corrected chi connectivity index (χ2v) is 5.57. The number of nitrogens with zero attached hydrogens (tertiary/aromatic N) is 2. The summed E-state index contributed by atoms with van der Waals surface area (Å²) in [5, 5.41) is 3.32. The first kappa shape index (κ1) is 14.1. The number of halogens is 2. The van der Waals surface area contributed by atoms with Crippen LogP contribution in [0.4, 0.5) is 8.78 Å². The third-order valence-corrected chi connectivity index (χ3v) is 3.69. The molecule has 3 nitrogen and oxygen atoms in total. The van der Waals surface area contributed by atoms with E-state index in [1.54, 1.807) is 0 Å². The zero-order valence-corrected chi connectivity index (χ0v) is 12.1. The van der Waals surface area contributed by atoms with E-state index >= 15 is 0 Å². The molecule has 0 bridgehead atoms. The van der Waals surface area contributed by atoms with Crippen LogP contribution < -0.4 is 5.32 Å². The molecule has 0 aliphatic carbocycles. The monoisotopic (exact) mass is 289 g/mol. The number of hydrogen-bond acceptors (Lipinski definition) is 3. The van der Waals surface area contributed by atoms with Gasteiger partial charge < -0.3 is 5.32 Å². The summed E-state index contributed by atoms with van der Waals surface area (Å²) in [6.07, 6.45) is 0.828. The predicted octanol–water partition coefficient (Wildman–Crippen LogP) is 3.19. The maximum absolute atomic E-state index is 13.4. The minimum atomic E-state index is -0.874. The molecule has 0 saturated heterocycles. The van der Waals surface area contributed by atoms with Gasteiger partial charge in [0.05, 0.1) is 11.4 Å². The van der Waals surface area contributed by atoms with Gasteiger partial charge in [-0.15, -0.1) is 0 Å². The summed E-state index contributed by atoms with van der Waals surface area (Å²) in [6.45, 7) is 5.79. The van der Waals surface area contributed by atoms with Crippen LogP contribution in [0.3, 0.4) is 0 Å². The van der Waals surface area contributed by atoms with Gasteiger partial charge in [0, 0.05) is 30.6 Å². The molecular formula is C16H17F2N3. The van der Waals surface area contributed by atoms with Crippen molar-refractivity contribution in [3.8, 4) is 11.4 Å². The molecule has 1 aliphatic heterocycles. The zero-order valence-electron chi connectivity index (χ0n) is 12.1. The fourth-order valence-corrected chi connectivity index (χ4v) is 2.61. The quantitative estimate of drug-likeness (QED) is 0.922. The summed E-state index contributed by atoms with van der Waals surface area (Å²) < 4.78 is 26.5. The van der Waals surface area contributed by atoms with E-state index < -0.39 is 11.6 Å². The number of rotatable bonds is 2. The molecule has 110 valence electrons. The van der Waals surface area contributed by atoms with E-state index in [0.29, 0.717) is 11.4 Å². The third kappa shape index (κ3) is 2.65. The molecule has 2 heterocycles. The molecule has 1 aliphatic rings. The summed E-state index contributed by atoms with van der Waals surface area (Å²) in [7, 11) is 0. The van der Waals surface area contributed by atoms with Gasteiger partial charge in [0.1, 0.15) is 0 Å². The van der Waals surface area contributed by atoms with E-state index in [4.69, 9.17) is 0 Å². The summed E-state index contributed by atoms with van der Waals surface area (Å²) in [5.41, 5.74) is 3.64. The normalized spacial score (nSPS) is 14.3. The highest BCUT2D eigenvalue weighted by atomic mass is 19.2. The lowest BCUT2D eigenvalue weighted by atomic mass is 9.98. The maximum atomic E-state index is 13.4. The van der Waals surface area contributed by atoms with Crippen molar-refractivity contribution in [2.75, 3.05) is 6.54 Å². The average Bonchev–Trinajstić information content (AvgIpc) is 2.48. The summed E-state index contributed by atoms with van der Waals surface area (Å²) in [5.74, 6) is -1.00. The molecule has 0 amide bonds. The van der Waals surface area contributed by atoms with Crippen LogP contribution in [0.5, 0.6) is 0 Å². The fourth-order valence-electron chi connectivity index (χ4n) is 2.61. The lowest BCUT2D eigenvalue weighted by molar-refractivity contribution is 0.509. The SMILES string of the molecule is CC(C)c1nc(-c2ccc(F)c(F)c2)nc2c1CNCC2. The molecule has 0 fully saturated rings. The highest BCUT2D eigenvalue weighted by Crippen LogP contribution is 2.26. The standard InChI is InChI=1S/C16H17F2N3/c1-9(2)15-11-8-19-6-5-14(11)20-16(21-15)10-3-4-12(17)13(18)7-10/h3-4,7,9,19H,5-6,8H2,1-2H3. The van der Waals surface area contributed by atoms with Crippen LogP contribution in [0.25, 0.3) is 11.4 Å². The number of hydrogen-bond donors (Lipinski definition) is 1. The fraction of sp³-hybridized carbons (Fsp3) is 0.375. The Kier molecular flexibility index (Phi) is 3.68. The van der Waals surface area contributed by atoms with Crippen molar-refractivity contribution in [3.05, 3.63) is 46.8 Å². The molecule has 1 aromatic heterocycles. The minimum Gasteiger partial charge on any atom is -0.312 e. The van der Waals surface area contributed by atoms with Gasteiger partial charge in [-0.2, -0.15) is 0 Å². The molecule has 0 saturated carbocycles. The highest BCUT2D eigenvalue weighted by molar-refractivity contribution is 5.56. The molecule has 5 heteroatoms. The summed E-state index contributed by atoms with van der Waals surface area (Å²) in [4.78, 5) is 9.14. The molecule has 0 radical (unpaired) electrons. The molecule has 1 N–H and O–H groups in total. The first-order valence-electron chi connectivity index (χ1n) is 7.12. The number of fused-ring (bicyclic) bond motifs is 1. The van der Waals surface area contributed by atoms with Gasteiger partial charge in [-0.3, -0.25) is 0 Å². The largest absolute Gasteiger partial charge is 0.312 e. The van der Waals surface area contributed by atoms with E-state index in [9.17, 15) is 8.78 Å². The van der Waals surface area contributed by atoms with Crippen molar-refractivity contribution in [3.63, 3.8) is 0 Å². The molecule has 1 aromatic carbocycles. The van der Waals surface area contributed by atoms with E-state index in [1.807, 2.05) is 0 Å². The Morgan fingerprint density at radius 2 is 1.95 bits per heavy atom. The van der Waals surface area contributed by atoms with Crippen LogP contribution in [0, 0.1) is 11.6 Å². The summed E-state index contributed by atoms with van der Waals surface area (Å²) >= 11 is 0. The van der Waals surface area contributed by atoms with E-state index in [2.05, 4.69) is 29.1 Å². The average molecular weight is 289 g/mol. The first-order chi connectivity index (χ1) is 10.1. The van der Waals surface area contributed by atoms with Crippen molar-refractivity contribution in [2.24, 2.45) is 0 Å². The topological polar surface area (TPSA) is 37.8 Å². The Morgan fingerprint density at radius 3 is 2.67 bits per heavy atom. The minimum absolute atomic E-state index is 0.255. The molecule has 0 unspecified atom stereocenters. The Labute approximate surface area is 122 Å². The second kappa shape index (κ2) is 5.48. The van der Waals surface area contributed by atoms with E-state index in [1.165, 1.54) is 6.07 Å². The second-order valence-electron chi connectivity index (χ2n) is 5.57. The van der Waals surface area contributed by atoms with Gasteiger partial charge in [-0.1, -0.05) is 13.8 Å². The number of benzene rings is 1. The Hall–Kier alpha value is -1.88. The maximum Gasteiger partial charge on any atom is 0.159 e. The molecular weight excluding hydrogens is 272 g/mol. The highest BCUT2D eigenvalue weighted by Gasteiger charge is 2.20. The lowest BCUT2D eigenvalue weighted by Crippen LogP contribution is -2.27. The first-order valence-corrected chi connectivity index (χ1v) is 7.12. The van der Waals surface area contributed by atoms with Crippen molar-refractivity contribution in [1.29, 1.82) is 0 Å². The molecule has 2 aromatic rings. The van der Waals surface area contributed by atoms with Gasteiger partial charge >= 0.3 is 0 Å². The van der Waals surface area contributed by atoms with Crippen molar-refractivity contribution >= 4 is 0 Å². The van der Waals surface area contributed by atoms with Gasteiger partial charge in [0.15, 0.2) is 17.5 Å². The lowest BCUT2D eigenvalue weighted by Gasteiger charge is -2.21. The van der Waals surface area contributed by atoms with E-state index in [0.717, 1.165) is 48.6 Å². The summed E-state index contributed by atoms with van der Waals surface area (Å²) in [6, 6.07) is 3.79. The molecule has 0 spiro atoms.